The van der Waals surface area contributed by atoms with E-state index in [4.69, 9.17) is 9.26 Å². The molecule has 120 valence electrons. The summed E-state index contributed by atoms with van der Waals surface area (Å²) in [5.41, 5.74) is 3.16. The highest BCUT2D eigenvalue weighted by Gasteiger charge is 2.23. The first-order valence-corrected chi connectivity index (χ1v) is 7.78. The van der Waals surface area contributed by atoms with Crippen LogP contribution in [0.5, 0.6) is 0 Å². The average Bonchev–Trinajstić information content (AvgIpc) is 3.27. The molecule has 0 saturated carbocycles. The third-order valence-electron chi connectivity index (χ3n) is 4.36. The van der Waals surface area contributed by atoms with Gasteiger partial charge in [0.05, 0.1) is 6.61 Å². The van der Waals surface area contributed by atoms with E-state index in [0.717, 1.165) is 42.2 Å². The van der Waals surface area contributed by atoms with Gasteiger partial charge >= 0.3 is 0 Å². The Hall–Kier alpha value is -2.35. The second kappa shape index (κ2) is 5.69. The van der Waals surface area contributed by atoms with Gasteiger partial charge in [-0.2, -0.15) is 15.1 Å². The van der Waals surface area contributed by atoms with Gasteiger partial charge in [-0.15, -0.1) is 0 Å². The number of fused-ring (bicyclic) bond motifs is 1. The van der Waals surface area contributed by atoms with Crippen molar-refractivity contribution < 1.29 is 9.26 Å². The zero-order valence-corrected chi connectivity index (χ0v) is 13.2. The fourth-order valence-electron chi connectivity index (χ4n) is 3.02. The summed E-state index contributed by atoms with van der Waals surface area (Å²) >= 11 is 0. The number of nitrogens with zero attached hydrogens (tertiary/aromatic N) is 6. The fourth-order valence-corrected chi connectivity index (χ4v) is 3.02. The maximum atomic E-state index is 5.38. The Bertz CT molecular complexity index is 834. The Labute approximate surface area is 132 Å². The molecule has 0 radical (unpaired) electrons. The molecule has 0 aromatic carbocycles. The van der Waals surface area contributed by atoms with Crippen molar-refractivity contribution in [3.05, 3.63) is 35.0 Å². The van der Waals surface area contributed by atoms with Crippen LogP contribution in [0.3, 0.4) is 0 Å². The number of hydrogen-bond donors (Lipinski definition) is 0. The molecule has 8 nitrogen and oxygen atoms in total. The molecular weight excluding hydrogens is 296 g/mol. The van der Waals surface area contributed by atoms with E-state index in [0.29, 0.717) is 24.7 Å². The lowest BCUT2D eigenvalue weighted by atomic mass is 10.1. The van der Waals surface area contributed by atoms with Crippen molar-refractivity contribution in [1.82, 2.24) is 29.7 Å². The Morgan fingerprint density at radius 3 is 3.00 bits per heavy atom. The molecule has 23 heavy (non-hydrogen) atoms. The number of aromatic nitrogens is 6. The first kappa shape index (κ1) is 14.3. The van der Waals surface area contributed by atoms with Crippen LogP contribution in [0.15, 0.2) is 10.9 Å². The predicted octanol–water partition coefficient (Wildman–Crippen LogP) is 1.41. The van der Waals surface area contributed by atoms with Crippen molar-refractivity contribution in [3.8, 4) is 0 Å². The number of aryl methyl sites for hydroxylation is 3. The maximum absolute atomic E-state index is 5.38. The standard InChI is InChI=1S/C15H18N6O2/c1-9-12(10(2)21-15(18-9)16-8-17-21)3-4-13-19-14(20-23-13)11-5-6-22-7-11/h8,11H,3-7H2,1-2H3/t11-/m0/s1. The first-order chi connectivity index (χ1) is 11.2. The van der Waals surface area contributed by atoms with Gasteiger partial charge in [-0.3, -0.25) is 0 Å². The van der Waals surface area contributed by atoms with Gasteiger partial charge in [-0.05, 0) is 32.3 Å². The summed E-state index contributed by atoms with van der Waals surface area (Å²) in [5, 5.41) is 8.30. The van der Waals surface area contributed by atoms with E-state index in [9.17, 15) is 0 Å². The van der Waals surface area contributed by atoms with Gasteiger partial charge in [0.25, 0.3) is 5.78 Å². The highest BCUT2D eigenvalue weighted by Crippen LogP contribution is 2.23. The summed E-state index contributed by atoms with van der Waals surface area (Å²) < 4.78 is 12.5. The second-order valence-corrected chi connectivity index (χ2v) is 5.84. The van der Waals surface area contributed by atoms with E-state index in [1.165, 1.54) is 6.33 Å². The predicted molar refractivity (Wildman–Crippen MR) is 80.1 cm³/mol. The number of hydrogen-bond acceptors (Lipinski definition) is 7. The Kier molecular flexibility index (Phi) is 3.53. The number of ether oxygens (including phenoxy) is 1. The third kappa shape index (κ3) is 2.59. The number of rotatable bonds is 4. The van der Waals surface area contributed by atoms with Crippen molar-refractivity contribution in [2.24, 2.45) is 0 Å². The normalized spacial score (nSPS) is 18.1. The molecule has 4 rings (SSSR count). The summed E-state index contributed by atoms with van der Waals surface area (Å²) in [6.07, 6.45) is 3.95. The molecule has 8 heteroatoms. The van der Waals surface area contributed by atoms with Gasteiger partial charge < -0.3 is 9.26 Å². The summed E-state index contributed by atoms with van der Waals surface area (Å²) in [4.78, 5) is 13.1. The minimum Gasteiger partial charge on any atom is -0.381 e. The second-order valence-electron chi connectivity index (χ2n) is 5.84. The SMILES string of the molecule is Cc1nc2ncnn2c(C)c1CCc1nc([C@H]2CCOC2)no1. The first-order valence-electron chi connectivity index (χ1n) is 7.78. The van der Waals surface area contributed by atoms with E-state index in [2.05, 4.69) is 25.2 Å². The van der Waals surface area contributed by atoms with Crippen LogP contribution in [-0.4, -0.2) is 42.9 Å². The van der Waals surface area contributed by atoms with Crippen LogP contribution < -0.4 is 0 Å². The molecule has 0 N–H and O–H groups in total. The van der Waals surface area contributed by atoms with Crippen LogP contribution in [0.25, 0.3) is 5.78 Å². The monoisotopic (exact) mass is 314 g/mol. The van der Waals surface area contributed by atoms with Gasteiger partial charge in [0.1, 0.15) is 6.33 Å². The smallest absolute Gasteiger partial charge is 0.252 e. The highest BCUT2D eigenvalue weighted by atomic mass is 16.5. The molecule has 1 aliphatic heterocycles. The van der Waals surface area contributed by atoms with Gasteiger partial charge in [-0.25, -0.2) is 9.50 Å². The summed E-state index contributed by atoms with van der Waals surface area (Å²) in [6, 6.07) is 0. The molecule has 3 aromatic heterocycles. The molecular formula is C15H18N6O2. The maximum Gasteiger partial charge on any atom is 0.252 e. The minimum atomic E-state index is 0.268. The average molecular weight is 314 g/mol. The van der Waals surface area contributed by atoms with Crippen LogP contribution in [0.4, 0.5) is 0 Å². The molecule has 0 bridgehead atoms. The van der Waals surface area contributed by atoms with E-state index in [1.807, 2.05) is 13.8 Å². The fraction of sp³-hybridized carbons (Fsp3) is 0.533. The van der Waals surface area contributed by atoms with Crippen LogP contribution in [0, 0.1) is 13.8 Å². The van der Waals surface area contributed by atoms with E-state index >= 15 is 0 Å². The lowest BCUT2D eigenvalue weighted by molar-refractivity contribution is 0.192. The van der Waals surface area contributed by atoms with Crippen LogP contribution in [0.2, 0.25) is 0 Å². The van der Waals surface area contributed by atoms with Crippen LogP contribution in [-0.2, 0) is 17.6 Å². The summed E-state index contributed by atoms with van der Waals surface area (Å²) in [6.45, 7) is 5.48. The molecule has 1 fully saturated rings. The molecule has 4 heterocycles. The molecule has 1 aliphatic rings. The molecule has 0 aliphatic carbocycles. The van der Waals surface area contributed by atoms with Crippen molar-refractivity contribution in [1.29, 1.82) is 0 Å². The van der Waals surface area contributed by atoms with Gasteiger partial charge in [0.15, 0.2) is 5.82 Å². The molecule has 1 saturated heterocycles. The van der Waals surface area contributed by atoms with Crippen LogP contribution >= 0.6 is 0 Å². The van der Waals surface area contributed by atoms with Gasteiger partial charge in [0, 0.05) is 30.3 Å². The third-order valence-corrected chi connectivity index (χ3v) is 4.36. The lowest BCUT2D eigenvalue weighted by Gasteiger charge is -2.08. The summed E-state index contributed by atoms with van der Waals surface area (Å²) in [7, 11) is 0. The summed E-state index contributed by atoms with van der Waals surface area (Å²) in [5.74, 6) is 2.31. The van der Waals surface area contributed by atoms with E-state index in [-0.39, 0.29) is 5.92 Å². The minimum absolute atomic E-state index is 0.268. The van der Waals surface area contributed by atoms with E-state index in [1.54, 1.807) is 4.52 Å². The lowest BCUT2D eigenvalue weighted by Crippen LogP contribution is -2.07. The Morgan fingerprint density at radius 1 is 1.26 bits per heavy atom. The molecule has 3 aromatic rings. The van der Waals surface area contributed by atoms with Crippen molar-refractivity contribution >= 4 is 5.78 Å². The van der Waals surface area contributed by atoms with E-state index < -0.39 is 0 Å². The zero-order chi connectivity index (χ0) is 15.8. The molecule has 1 atom stereocenters. The Balaban J connectivity index is 1.52. The zero-order valence-electron chi connectivity index (χ0n) is 13.2. The van der Waals surface area contributed by atoms with Gasteiger partial charge in [0.2, 0.25) is 5.89 Å². The van der Waals surface area contributed by atoms with Gasteiger partial charge in [-0.1, -0.05) is 5.16 Å². The topological polar surface area (TPSA) is 91.2 Å². The highest BCUT2D eigenvalue weighted by molar-refractivity contribution is 5.36. The quantitative estimate of drug-likeness (QED) is 0.719. The molecule has 0 amide bonds. The molecule has 0 spiro atoms. The largest absolute Gasteiger partial charge is 0.381 e. The molecule has 0 unspecified atom stereocenters. The van der Waals surface area contributed by atoms with Crippen molar-refractivity contribution in [3.63, 3.8) is 0 Å². The Morgan fingerprint density at radius 2 is 2.17 bits per heavy atom. The van der Waals surface area contributed by atoms with Crippen molar-refractivity contribution in [2.75, 3.05) is 13.2 Å². The van der Waals surface area contributed by atoms with Crippen molar-refractivity contribution in [2.45, 2.75) is 39.0 Å². The van der Waals surface area contributed by atoms with Crippen LogP contribution in [0.1, 0.15) is 41.0 Å².